The fraction of sp³-hybridized carbons (Fsp3) is 0.469. The quantitative estimate of drug-likeness (QED) is 0.0824. The van der Waals surface area contributed by atoms with Gasteiger partial charge in [0.1, 0.15) is 17.3 Å². The summed E-state index contributed by atoms with van der Waals surface area (Å²) in [5, 5.41) is 0. The second-order valence-electron chi connectivity index (χ2n) is 9.77. The monoisotopic (exact) mass is 490 g/mol. The van der Waals surface area contributed by atoms with Gasteiger partial charge in [0.05, 0.1) is 18.8 Å². The Labute approximate surface area is 217 Å². The van der Waals surface area contributed by atoms with Gasteiger partial charge in [-0.15, -0.1) is 0 Å². The highest BCUT2D eigenvalue weighted by molar-refractivity contribution is 5.91. The van der Waals surface area contributed by atoms with E-state index in [1.54, 1.807) is 18.2 Å². The summed E-state index contributed by atoms with van der Waals surface area (Å²) >= 11 is 0. The summed E-state index contributed by atoms with van der Waals surface area (Å²) in [6, 6.07) is 15.2. The molecule has 0 amide bonds. The van der Waals surface area contributed by atoms with Crippen molar-refractivity contribution in [2.24, 2.45) is 5.92 Å². The van der Waals surface area contributed by atoms with E-state index in [4.69, 9.17) is 14.2 Å². The Hall–Kier alpha value is -3.01. The minimum Gasteiger partial charge on any atom is -0.494 e. The lowest BCUT2D eigenvalue weighted by molar-refractivity contribution is 0.0734. The van der Waals surface area contributed by atoms with Crippen molar-refractivity contribution < 1.29 is 19.0 Å². The smallest absolute Gasteiger partial charge is 0.343 e. The van der Waals surface area contributed by atoms with E-state index in [1.165, 1.54) is 44.1 Å². The first-order valence-electron chi connectivity index (χ1n) is 13.6. The Morgan fingerprint density at radius 2 is 1.53 bits per heavy atom. The van der Waals surface area contributed by atoms with Crippen LogP contribution in [-0.4, -0.2) is 19.2 Å². The summed E-state index contributed by atoms with van der Waals surface area (Å²) in [7, 11) is 0. The van der Waals surface area contributed by atoms with Gasteiger partial charge in [-0.2, -0.15) is 0 Å². The number of hydrogen-bond donors (Lipinski definition) is 0. The number of hydrogen-bond acceptors (Lipinski definition) is 4. The molecule has 0 aliphatic heterocycles. The van der Waals surface area contributed by atoms with Gasteiger partial charge in [0.15, 0.2) is 0 Å². The van der Waals surface area contributed by atoms with Crippen LogP contribution in [0.25, 0.3) is 0 Å². The van der Waals surface area contributed by atoms with Crippen molar-refractivity contribution in [2.75, 3.05) is 13.2 Å². The molecule has 0 saturated heterocycles. The average molecular weight is 491 g/mol. The normalized spacial score (nSPS) is 17.2. The highest BCUT2D eigenvalue weighted by Gasteiger charge is 2.22. The Morgan fingerprint density at radius 3 is 2.17 bits per heavy atom. The number of unbranched alkanes of at least 4 members (excludes halogenated alkanes) is 3. The highest BCUT2D eigenvalue weighted by atomic mass is 16.5. The molecule has 1 fully saturated rings. The number of benzene rings is 2. The number of carbonyl (C=O) groups excluding carboxylic acids is 1. The van der Waals surface area contributed by atoms with Crippen LogP contribution >= 0.6 is 0 Å². The molecular formula is C32H42O4. The zero-order valence-electron chi connectivity index (χ0n) is 21.9. The van der Waals surface area contributed by atoms with Crippen molar-refractivity contribution in [3.63, 3.8) is 0 Å². The average Bonchev–Trinajstić information content (AvgIpc) is 2.91. The highest BCUT2D eigenvalue weighted by Crippen LogP contribution is 2.37. The molecule has 194 valence electrons. The van der Waals surface area contributed by atoms with Crippen molar-refractivity contribution in [1.82, 2.24) is 0 Å². The molecule has 0 atom stereocenters. The van der Waals surface area contributed by atoms with Crippen LogP contribution in [0, 0.1) is 5.92 Å². The van der Waals surface area contributed by atoms with Gasteiger partial charge < -0.3 is 14.2 Å². The van der Waals surface area contributed by atoms with Gasteiger partial charge in [-0.05, 0) is 111 Å². The summed E-state index contributed by atoms with van der Waals surface area (Å²) in [6.07, 6.45) is 13.6. The van der Waals surface area contributed by atoms with Gasteiger partial charge >= 0.3 is 5.97 Å². The van der Waals surface area contributed by atoms with E-state index in [0.29, 0.717) is 36.2 Å². The number of ether oxygens (including phenoxy) is 3. The van der Waals surface area contributed by atoms with E-state index >= 15 is 0 Å². The van der Waals surface area contributed by atoms with Crippen LogP contribution in [0.3, 0.4) is 0 Å². The van der Waals surface area contributed by atoms with Crippen molar-refractivity contribution >= 4 is 5.97 Å². The predicted octanol–water partition coefficient (Wildman–Crippen LogP) is 8.64. The van der Waals surface area contributed by atoms with Crippen LogP contribution in [0.2, 0.25) is 0 Å². The molecule has 1 aliphatic rings. The molecule has 3 rings (SSSR count). The molecular weight excluding hydrogens is 448 g/mol. The van der Waals surface area contributed by atoms with Crippen LogP contribution in [0.5, 0.6) is 11.5 Å². The molecule has 2 aromatic rings. The first-order chi connectivity index (χ1) is 17.6. The summed E-state index contributed by atoms with van der Waals surface area (Å²) in [5.74, 6) is 3.16. The molecule has 0 spiro atoms. The number of carbonyl (C=O) groups is 1. The molecule has 0 heterocycles. The molecule has 0 bridgehead atoms. The van der Waals surface area contributed by atoms with Gasteiger partial charge in [-0.3, -0.25) is 0 Å². The summed E-state index contributed by atoms with van der Waals surface area (Å²) < 4.78 is 16.8. The zero-order valence-corrected chi connectivity index (χ0v) is 21.9. The lowest BCUT2D eigenvalue weighted by Crippen LogP contribution is -2.13. The maximum absolute atomic E-state index is 12.6. The van der Waals surface area contributed by atoms with Gasteiger partial charge in [0, 0.05) is 0 Å². The van der Waals surface area contributed by atoms with Crippen LogP contribution in [0.4, 0.5) is 0 Å². The molecule has 2 aromatic carbocycles. The van der Waals surface area contributed by atoms with Crippen LogP contribution in [0.1, 0.15) is 93.0 Å². The Bertz CT molecular complexity index is 937. The van der Waals surface area contributed by atoms with Crippen LogP contribution < -0.4 is 9.47 Å². The Balaban J connectivity index is 1.35. The van der Waals surface area contributed by atoms with E-state index in [-0.39, 0.29) is 5.97 Å². The summed E-state index contributed by atoms with van der Waals surface area (Å²) in [4.78, 5) is 12.6. The van der Waals surface area contributed by atoms with Crippen molar-refractivity contribution in [1.29, 1.82) is 0 Å². The minimum atomic E-state index is -0.351. The molecule has 0 aromatic heterocycles. The number of rotatable bonds is 15. The van der Waals surface area contributed by atoms with Crippen LogP contribution in [0.15, 0.2) is 73.5 Å². The SMILES string of the molecule is C=CC(=C)OCCCCCCOc1ccc(C(=O)Oc2ccc(C3CCC(CCC)CC3)cc2)cc1. The third kappa shape index (κ3) is 9.22. The number of esters is 1. The van der Waals surface area contributed by atoms with E-state index < -0.39 is 0 Å². The zero-order chi connectivity index (χ0) is 25.6. The minimum absolute atomic E-state index is 0.351. The van der Waals surface area contributed by atoms with E-state index in [2.05, 4.69) is 32.2 Å². The maximum atomic E-state index is 12.6. The van der Waals surface area contributed by atoms with E-state index in [1.807, 2.05) is 24.3 Å². The van der Waals surface area contributed by atoms with Gasteiger partial charge in [0.2, 0.25) is 0 Å². The Kier molecular flexibility index (Phi) is 11.6. The molecule has 1 saturated carbocycles. The van der Waals surface area contributed by atoms with Gasteiger partial charge in [0.25, 0.3) is 0 Å². The largest absolute Gasteiger partial charge is 0.494 e. The van der Waals surface area contributed by atoms with Gasteiger partial charge in [-0.25, -0.2) is 4.79 Å². The van der Waals surface area contributed by atoms with Crippen molar-refractivity contribution in [3.8, 4) is 11.5 Å². The second-order valence-corrected chi connectivity index (χ2v) is 9.77. The summed E-state index contributed by atoms with van der Waals surface area (Å²) in [5.41, 5.74) is 1.87. The topological polar surface area (TPSA) is 44.8 Å². The molecule has 4 nitrogen and oxygen atoms in total. The number of allylic oxidation sites excluding steroid dienone is 1. The lowest BCUT2D eigenvalue weighted by atomic mass is 9.77. The first-order valence-corrected chi connectivity index (χ1v) is 13.6. The van der Waals surface area contributed by atoms with Crippen molar-refractivity contribution in [2.45, 2.75) is 77.0 Å². The lowest BCUT2D eigenvalue weighted by Gasteiger charge is -2.28. The fourth-order valence-electron chi connectivity index (χ4n) is 4.86. The maximum Gasteiger partial charge on any atom is 0.343 e. The van der Waals surface area contributed by atoms with E-state index in [0.717, 1.165) is 37.4 Å². The fourth-order valence-corrected chi connectivity index (χ4v) is 4.86. The third-order valence-corrected chi connectivity index (χ3v) is 7.02. The molecule has 0 N–H and O–H groups in total. The summed E-state index contributed by atoms with van der Waals surface area (Å²) in [6.45, 7) is 10.9. The third-order valence-electron chi connectivity index (χ3n) is 7.02. The molecule has 0 radical (unpaired) electrons. The van der Waals surface area contributed by atoms with E-state index in [9.17, 15) is 4.79 Å². The molecule has 4 heteroatoms. The second kappa shape index (κ2) is 15.2. The van der Waals surface area contributed by atoms with Crippen LogP contribution in [-0.2, 0) is 4.74 Å². The van der Waals surface area contributed by atoms with Gasteiger partial charge in [-0.1, -0.05) is 45.1 Å². The molecule has 1 aliphatic carbocycles. The first kappa shape index (κ1) is 27.6. The standard InChI is InChI=1S/C32H42O4/c1-4-10-26-11-13-27(14-12-26)28-15-21-31(22-16-28)36-32(33)29-17-19-30(20-18-29)35-24-9-7-6-8-23-34-25(3)5-2/h5,15-22,26-27H,2-4,6-14,23-24H2,1H3. The molecule has 36 heavy (non-hydrogen) atoms. The Morgan fingerprint density at radius 1 is 0.889 bits per heavy atom. The predicted molar refractivity (Wildman–Crippen MR) is 147 cm³/mol. The molecule has 0 unspecified atom stereocenters. The van der Waals surface area contributed by atoms with Crippen molar-refractivity contribution in [3.05, 3.63) is 84.7 Å².